The lowest BCUT2D eigenvalue weighted by molar-refractivity contribution is -0.128. The summed E-state index contributed by atoms with van der Waals surface area (Å²) in [6.07, 6.45) is 8.71. The molecule has 1 atom stereocenters. The molecule has 1 N–H and O–H groups in total. The number of ether oxygens (including phenoxy) is 1. The van der Waals surface area contributed by atoms with Gasteiger partial charge in [0.15, 0.2) is 6.10 Å². The number of nitrogens with one attached hydrogen (secondary N) is 1. The van der Waals surface area contributed by atoms with E-state index in [4.69, 9.17) is 4.74 Å². The smallest absolute Gasteiger partial charge is 0.260 e. The Balaban J connectivity index is 1.37. The van der Waals surface area contributed by atoms with Crippen molar-refractivity contribution in [2.75, 3.05) is 19.6 Å². The molecule has 0 radical (unpaired) electrons. The molecular formula is C22H34N2O2. The monoisotopic (exact) mass is 358 g/mol. The first-order valence-corrected chi connectivity index (χ1v) is 10.4. The Morgan fingerprint density at radius 1 is 1.12 bits per heavy atom. The largest absolute Gasteiger partial charge is 0.481 e. The minimum Gasteiger partial charge on any atom is -0.481 e. The number of hydrogen-bond acceptors (Lipinski definition) is 3. The molecule has 2 aliphatic rings. The molecule has 26 heavy (non-hydrogen) atoms. The number of piperidine rings is 1. The number of benzene rings is 1. The van der Waals surface area contributed by atoms with E-state index < -0.39 is 6.10 Å². The second kappa shape index (κ2) is 9.40. The normalized spacial score (nSPS) is 21.3. The Morgan fingerprint density at radius 3 is 2.42 bits per heavy atom. The quantitative estimate of drug-likeness (QED) is 0.838. The number of rotatable bonds is 6. The van der Waals surface area contributed by atoms with Crippen molar-refractivity contribution in [3.63, 3.8) is 0 Å². The summed E-state index contributed by atoms with van der Waals surface area (Å²) in [6, 6.07) is 8.13. The van der Waals surface area contributed by atoms with Crippen molar-refractivity contribution in [2.45, 2.75) is 70.9 Å². The van der Waals surface area contributed by atoms with Gasteiger partial charge in [0.25, 0.3) is 5.91 Å². The SMILES string of the molecule is Cc1ccc(OC(C)C(=O)NC2CCN(CC3CCCCC3)CC2)cc1. The molecule has 4 heteroatoms. The molecule has 1 aliphatic heterocycles. The molecule has 1 aromatic carbocycles. The Kier molecular flexibility index (Phi) is 6.95. The standard InChI is InChI=1S/C22H34N2O2/c1-17-8-10-21(11-9-17)26-18(2)22(25)23-20-12-14-24(15-13-20)16-19-6-4-3-5-7-19/h8-11,18-20H,3-7,12-16H2,1-2H3,(H,23,25). The molecule has 3 rings (SSSR count). The van der Waals surface area contributed by atoms with Crippen molar-refractivity contribution in [1.82, 2.24) is 10.2 Å². The van der Waals surface area contributed by atoms with Gasteiger partial charge < -0.3 is 15.0 Å². The average Bonchev–Trinajstić information content (AvgIpc) is 2.66. The van der Waals surface area contributed by atoms with Gasteiger partial charge in [-0.25, -0.2) is 0 Å². The Labute approximate surface area is 158 Å². The minimum absolute atomic E-state index is 0.00342. The van der Waals surface area contributed by atoms with Gasteiger partial charge in [-0.3, -0.25) is 4.79 Å². The highest BCUT2D eigenvalue weighted by atomic mass is 16.5. The summed E-state index contributed by atoms with van der Waals surface area (Å²) in [5.74, 6) is 1.65. The summed E-state index contributed by atoms with van der Waals surface area (Å²) in [6.45, 7) is 7.34. The number of carbonyl (C=O) groups is 1. The summed E-state index contributed by atoms with van der Waals surface area (Å²) in [7, 11) is 0. The highest BCUT2D eigenvalue weighted by Gasteiger charge is 2.25. The van der Waals surface area contributed by atoms with Crippen molar-refractivity contribution >= 4 is 5.91 Å². The molecule has 1 aliphatic carbocycles. The molecule has 1 saturated heterocycles. The number of likely N-dealkylation sites (tertiary alicyclic amines) is 1. The topological polar surface area (TPSA) is 41.6 Å². The fourth-order valence-corrected chi connectivity index (χ4v) is 4.19. The van der Waals surface area contributed by atoms with Gasteiger partial charge in [-0.1, -0.05) is 37.0 Å². The van der Waals surface area contributed by atoms with Crippen molar-refractivity contribution in [3.05, 3.63) is 29.8 Å². The van der Waals surface area contributed by atoms with Crippen LogP contribution in [0.2, 0.25) is 0 Å². The van der Waals surface area contributed by atoms with E-state index in [2.05, 4.69) is 10.2 Å². The highest BCUT2D eigenvalue weighted by molar-refractivity contribution is 5.81. The molecule has 144 valence electrons. The van der Waals surface area contributed by atoms with Crippen LogP contribution >= 0.6 is 0 Å². The second-order valence-electron chi connectivity index (χ2n) is 8.16. The zero-order valence-corrected chi connectivity index (χ0v) is 16.4. The molecule has 1 heterocycles. The van der Waals surface area contributed by atoms with Crippen LogP contribution in [0.4, 0.5) is 0 Å². The van der Waals surface area contributed by atoms with Crippen LogP contribution in [0.25, 0.3) is 0 Å². The van der Waals surface area contributed by atoms with Gasteiger partial charge >= 0.3 is 0 Å². The van der Waals surface area contributed by atoms with Crippen LogP contribution in [-0.2, 0) is 4.79 Å². The van der Waals surface area contributed by atoms with E-state index in [0.29, 0.717) is 0 Å². The zero-order valence-electron chi connectivity index (χ0n) is 16.4. The lowest BCUT2D eigenvalue weighted by Crippen LogP contribution is -2.48. The summed E-state index contributed by atoms with van der Waals surface area (Å²) in [4.78, 5) is 15.0. The number of hydrogen-bond donors (Lipinski definition) is 1. The molecule has 1 unspecified atom stereocenters. The number of carbonyl (C=O) groups excluding carboxylic acids is 1. The van der Waals surface area contributed by atoms with Crippen molar-refractivity contribution in [3.8, 4) is 5.75 Å². The van der Waals surface area contributed by atoms with Gasteiger partial charge in [0.2, 0.25) is 0 Å². The highest BCUT2D eigenvalue weighted by Crippen LogP contribution is 2.25. The third kappa shape index (κ3) is 5.73. The van der Waals surface area contributed by atoms with E-state index >= 15 is 0 Å². The average molecular weight is 359 g/mol. The first-order chi connectivity index (χ1) is 12.6. The van der Waals surface area contributed by atoms with Crippen LogP contribution < -0.4 is 10.1 Å². The molecule has 0 bridgehead atoms. The molecule has 1 saturated carbocycles. The predicted octanol–water partition coefficient (Wildman–Crippen LogP) is 3.92. The first-order valence-electron chi connectivity index (χ1n) is 10.4. The molecule has 0 spiro atoms. The number of aryl methyl sites for hydroxylation is 1. The van der Waals surface area contributed by atoms with E-state index in [1.54, 1.807) is 0 Å². The van der Waals surface area contributed by atoms with Crippen molar-refractivity contribution in [1.29, 1.82) is 0 Å². The fourth-order valence-electron chi connectivity index (χ4n) is 4.19. The summed E-state index contributed by atoms with van der Waals surface area (Å²) in [5, 5.41) is 3.18. The number of nitrogens with zero attached hydrogens (tertiary/aromatic N) is 1. The van der Waals surface area contributed by atoms with Gasteiger partial charge in [-0.2, -0.15) is 0 Å². The Hall–Kier alpha value is -1.55. The second-order valence-corrected chi connectivity index (χ2v) is 8.16. The Bertz CT molecular complexity index is 558. The molecule has 0 aromatic heterocycles. The van der Waals surface area contributed by atoms with Crippen LogP contribution in [0.5, 0.6) is 5.75 Å². The summed E-state index contributed by atoms with van der Waals surface area (Å²) < 4.78 is 5.77. The van der Waals surface area contributed by atoms with E-state index in [1.807, 2.05) is 38.1 Å². The zero-order chi connectivity index (χ0) is 18.4. The van der Waals surface area contributed by atoms with Crippen LogP contribution in [0.15, 0.2) is 24.3 Å². The maximum atomic E-state index is 12.4. The van der Waals surface area contributed by atoms with E-state index in [0.717, 1.165) is 37.6 Å². The van der Waals surface area contributed by atoms with Crippen molar-refractivity contribution < 1.29 is 9.53 Å². The third-order valence-electron chi connectivity index (χ3n) is 5.88. The van der Waals surface area contributed by atoms with E-state index in [1.165, 1.54) is 44.2 Å². The third-order valence-corrected chi connectivity index (χ3v) is 5.88. The van der Waals surface area contributed by atoms with E-state index in [9.17, 15) is 4.79 Å². The van der Waals surface area contributed by atoms with Crippen LogP contribution in [-0.4, -0.2) is 42.6 Å². The minimum atomic E-state index is -0.460. The summed E-state index contributed by atoms with van der Waals surface area (Å²) in [5.41, 5.74) is 1.19. The van der Waals surface area contributed by atoms with Gasteiger partial charge in [-0.05, 0) is 57.6 Å². The van der Waals surface area contributed by atoms with E-state index in [-0.39, 0.29) is 11.9 Å². The molecule has 1 amide bonds. The van der Waals surface area contributed by atoms with Crippen LogP contribution in [0, 0.1) is 12.8 Å². The van der Waals surface area contributed by atoms with Gasteiger partial charge in [0.1, 0.15) is 5.75 Å². The predicted molar refractivity (Wildman–Crippen MR) is 105 cm³/mol. The van der Waals surface area contributed by atoms with Crippen LogP contribution in [0.3, 0.4) is 0 Å². The molecule has 1 aromatic rings. The fraction of sp³-hybridized carbons (Fsp3) is 0.682. The van der Waals surface area contributed by atoms with Gasteiger partial charge in [0.05, 0.1) is 0 Å². The molecule has 2 fully saturated rings. The van der Waals surface area contributed by atoms with Crippen LogP contribution in [0.1, 0.15) is 57.4 Å². The Morgan fingerprint density at radius 2 is 1.77 bits per heavy atom. The molecule has 4 nitrogen and oxygen atoms in total. The van der Waals surface area contributed by atoms with Gasteiger partial charge in [0, 0.05) is 25.7 Å². The number of amides is 1. The lowest BCUT2D eigenvalue weighted by atomic mass is 9.88. The first kappa shape index (κ1) is 19.2. The molecular weight excluding hydrogens is 324 g/mol. The maximum Gasteiger partial charge on any atom is 0.260 e. The van der Waals surface area contributed by atoms with Gasteiger partial charge in [-0.15, -0.1) is 0 Å². The lowest BCUT2D eigenvalue weighted by Gasteiger charge is -2.35. The van der Waals surface area contributed by atoms with Crippen molar-refractivity contribution in [2.24, 2.45) is 5.92 Å². The maximum absolute atomic E-state index is 12.4. The summed E-state index contributed by atoms with van der Waals surface area (Å²) >= 11 is 0.